The van der Waals surface area contributed by atoms with Gasteiger partial charge in [-0.1, -0.05) is 18.2 Å². The summed E-state index contributed by atoms with van der Waals surface area (Å²) >= 11 is 0. The Kier molecular flexibility index (Phi) is 4.44. The summed E-state index contributed by atoms with van der Waals surface area (Å²) in [5.74, 6) is -0.806. The molecule has 0 saturated heterocycles. The third-order valence-corrected chi connectivity index (χ3v) is 4.98. The van der Waals surface area contributed by atoms with Gasteiger partial charge >= 0.3 is 5.97 Å². The molecule has 0 atom stereocenters. The van der Waals surface area contributed by atoms with Crippen LogP contribution >= 0.6 is 0 Å². The average molecular weight is 326 g/mol. The van der Waals surface area contributed by atoms with Gasteiger partial charge in [0.05, 0.1) is 33.6 Å². The van der Waals surface area contributed by atoms with Gasteiger partial charge in [-0.25, -0.2) is 13.2 Å². The number of hydrogen-bond donors (Lipinski definition) is 0. The van der Waals surface area contributed by atoms with Crippen LogP contribution in [0, 0.1) is 22.7 Å². The molecule has 2 aromatic rings. The predicted octanol–water partition coefficient (Wildman–Crippen LogP) is 2.05. The minimum atomic E-state index is -4.17. The van der Waals surface area contributed by atoms with Crippen LogP contribution in [0.3, 0.4) is 0 Å². The van der Waals surface area contributed by atoms with E-state index in [0.29, 0.717) is 0 Å². The van der Waals surface area contributed by atoms with Crippen LogP contribution in [0.15, 0.2) is 52.3 Å². The topological polar surface area (TPSA) is 108 Å². The lowest BCUT2D eigenvalue weighted by Gasteiger charge is -2.10. The number of methoxy groups -OCH3 is 1. The molecule has 2 aromatic carbocycles. The van der Waals surface area contributed by atoms with Crippen molar-refractivity contribution in [3.05, 3.63) is 59.2 Å². The molecule has 0 fully saturated rings. The van der Waals surface area contributed by atoms with E-state index in [1.54, 1.807) is 12.1 Å². The highest BCUT2D eigenvalue weighted by Gasteiger charge is 2.28. The quantitative estimate of drug-likeness (QED) is 0.799. The van der Waals surface area contributed by atoms with Gasteiger partial charge in [0.2, 0.25) is 9.84 Å². The Morgan fingerprint density at radius 2 is 1.65 bits per heavy atom. The lowest BCUT2D eigenvalue weighted by atomic mass is 10.1. The van der Waals surface area contributed by atoms with E-state index < -0.39 is 15.8 Å². The van der Waals surface area contributed by atoms with Crippen LogP contribution in [0.25, 0.3) is 0 Å². The van der Waals surface area contributed by atoms with Crippen molar-refractivity contribution < 1.29 is 17.9 Å². The summed E-state index contributed by atoms with van der Waals surface area (Å²) in [4.78, 5) is 11.2. The molecule has 0 aliphatic heterocycles. The van der Waals surface area contributed by atoms with Gasteiger partial charge < -0.3 is 4.74 Å². The summed E-state index contributed by atoms with van der Waals surface area (Å²) < 4.78 is 30.3. The van der Waals surface area contributed by atoms with Gasteiger partial charge in [0, 0.05) is 0 Å². The first-order valence-electron chi connectivity index (χ1n) is 6.33. The smallest absolute Gasteiger partial charge is 0.339 e. The fourth-order valence-corrected chi connectivity index (χ4v) is 3.68. The monoisotopic (exact) mass is 326 g/mol. The zero-order chi connectivity index (χ0) is 17.0. The van der Waals surface area contributed by atoms with Crippen LogP contribution in [0.2, 0.25) is 0 Å². The Hall–Kier alpha value is -3.16. The van der Waals surface area contributed by atoms with Crippen molar-refractivity contribution in [2.24, 2.45) is 0 Å². The molecule has 0 amide bonds. The zero-order valence-electron chi connectivity index (χ0n) is 12.0. The number of carbonyl (C=O) groups excluding carboxylic acids is 1. The van der Waals surface area contributed by atoms with Crippen LogP contribution in [0.5, 0.6) is 0 Å². The van der Waals surface area contributed by atoms with E-state index in [-0.39, 0.29) is 26.5 Å². The van der Waals surface area contributed by atoms with Crippen molar-refractivity contribution in [1.29, 1.82) is 10.5 Å². The summed E-state index contributed by atoms with van der Waals surface area (Å²) in [6.07, 6.45) is 0. The average Bonchev–Trinajstić information content (AvgIpc) is 2.60. The third-order valence-electron chi connectivity index (χ3n) is 3.13. The van der Waals surface area contributed by atoms with Crippen LogP contribution in [-0.2, 0) is 14.6 Å². The number of nitrogens with zero attached hydrogens (tertiary/aromatic N) is 2. The maximum absolute atomic E-state index is 12.9. The first-order valence-corrected chi connectivity index (χ1v) is 7.81. The maximum atomic E-state index is 12.9. The number of hydrogen-bond acceptors (Lipinski definition) is 6. The second-order valence-corrected chi connectivity index (χ2v) is 6.28. The molecule has 0 aliphatic carbocycles. The minimum Gasteiger partial charge on any atom is -0.465 e. The number of carbonyl (C=O) groups is 1. The van der Waals surface area contributed by atoms with Gasteiger partial charge in [0.15, 0.2) is 0 Å². The molecule has 0 heterocycles. The molecule has 0 radical (unpaired) electrons. The fraction of sp³-hybridized carbons (Fsp3) is 0.0625. The first kappa shape index (κ1) is 16.2. The van der Waals surface area contributed by atoms with E-state index in [4.69, 9.17) is 5.26 Å². The van der Waals surface area contributed by atoms with Crippen molar-refractivity contribution in [3.8, 4) is 12.1 Å². The lowest BCUT2D eigenvalue weighted by Crippen LogP contribution is -2.12. The predicted molar refractivity (Wildman–Crippen MR) is 79.1 cm³/mol. The number of rotatable bonds is 3. The Balaban J connectivity index is 2.79. The summed E-state index contributed by atoms with van der Waals surface area (Å²) in [5.41, 5.74) is -0.444. The summed E-state index contributed by atoms with van der Waals surface area (Å²) in [5, 5.41) is 18.2. The van der Waals surface area contributed by atoms with E-state index in [9.17, 15) is 18.5 Å². The number of benzene rings is 2. The second kappa shape index (κ2) is 6.30. The van der Waals surface area contributed by atoms with Crippen LogP contribution in [-0.4, -0.2) is 21.5 Å². The molecule has 23 heavy (non-hydrogen) atoms. The zero-order valence-corrected chi connectivity index (χ0v) is 12.8. The number of esters is 1. The van der Waals surface area contributed by atoms with E-state index in [1.165, 1.54) is 42.5 Å². The highest BCUT2D eigenvalue weighted by molar-refractivity contribution is 7.91. The van der Waals surface area contributed by atoms with Crippen LogP contribution < -0.4 is 0 Å². The highest BCUT2D eigenvalue weighted by atomic mass is 32.2. The summed E-state index contributed by atoms with van der Waals surface area (Å²) in [6.45, 7) is 0. The number of sulfone groups is 1. The van der Waals surface area contributed by atoms with Crippen molar-refractivity contribution in [3.63, 3.8) is 0 Å². The molecular formula is C16H10N2O4S. The molecule has 0 saturated carbocycles. The molecule has 0 aromatic heterocycles. The fourth-order valence-electron chi connectivity index (χ4n) is 2.06. The van der Waals surface area contributed by atoms with Gasteiger partial charge in [-0.05, 0) is 24.3 Å². The third kappa shape index (κ3) is 2.78. The first-order chi connectivity index (χ1) is 11.0. The Bertz CT molecular complexity index is 966. The minimum absolute atomic E-state index is 0.0517. The molecule has 0 aliphatic rings. The Morgan fingerprint density at radius 3 is 2.26 bits per heavy atom. The normalized spacial score (nSPS) is 10.4. The van der Waals surface area contributed by atoms with Crippen LogP contribution in [0.1, 0.15) is 21.5 Å². The lowest BCUT2D eigenvalue weighted by molar-refractivity contribution is 0.0596. The molecule has 0 unspecified atom stereocenters. The molecule has 6 nitrogen and oxygen atoms in total. The second-order valence-electron chi connectivity index (χ2n) is 4.39. The van der Waals surface area contributed by atoms with Gasteiger partial charge in [-0.15, -0.1) is 0 Å². The Labute approximate surface area is 133 Å². The molecular weight excluding hydrogens is 316 g/mol. The van der Waals surface area contributed by atoms with Crippen molar-refractivity contribution in [1.82, 2.24) is 0 Å². The number of ether oxygens (including phenoxy) is 1. The van der Waals surface area contributed by atoms with Gasteiger partial charge in [-0.2, -0.15) is 10.5 Å². The highest BCUT2D eigenvalue weighted by Crippen LogP contribution is 2.28. The molecule has 0 bridgehead atoms. The van der Waals surface area contributed by atoms with Gasteiger partial charge in [0.1, 0.15) is 12.1 Å². The molecule has 114 valence electrons. The van der Waals surface area contributed by atoms with Gasteiger partial charge in [0.25, 0.3) is 0 Å². The molecule has 2 rings (SSSR count). The SMILES string of the molecule is COC(=O)c1ccccc1S(=O)(=O)c1cccc(C#N)c1C#N. The molecule has 0 spiro atoms. The summed E-state index contributed by atoms with van der Waals surface area (Å²) in [7, 11) is -3.03. The molecule has 7 heteroatoms. The molecule has 0 N–H and O–H groups in total. The van der Waals surface area contributed by atoms with Gasteiger partial charge in [-0.3, -0.25) is 0 Å². The summed E-state index contributed by atoms with van der Waals surface area (Å²) in [6, 6.07) is 13.0. The largest absolute Gasteiger partial charge is 0.465 e. The van der Waals surface area contributed by atoms with Crippen molar-refractivity contribution in [2.75, 3.05) is 7.11 Å². The van der Waals surface area contributed by atoms with E-state index in [0.717, 1.165) is 7.11 Å². The van der Waals surface area contributed by atoms with E-state index in [1.807, 2.05) is 0 Å². The van der Waals surface area contributed by atoms with E-state index >= 15 is 0 Å². The van der Waals surface area contributed by atoms with E-state index in [2.05, 4.69) is 4.74 Å². The Morgan fingerprint density at radius 1 is 1.00 bits per heavy atom. The van der Waals surface area contributed by atoms with Crippen molar-refractivity contribution >= 4 is 15.8 Å². The van der Waals surface area contributed by atoms with Crippen molar-refractivity contribution in [2.45, 2.75) is 9.79 Å². The standard InChI is InChI=1S/C16H10N2O4S/c1-22-16(19)12-6-2-3-7-14(12)23(20,21)15-8-4-5-11(9-17)13(15)10-18/h2-8H,1H3. The maximum Gasteiger partial charge on any atom is 0.339 e. The van der Waals surface area contributed by atoms with Crippen LogP contribution in [0.4, 0.5) is 0 Å². The number of nitriles is 2.